The van der Waals surface area contributed by atoms with Gasteiger partial charge in [-0.25, -0.2) is 12.8 Å². The van der Waals surface area contributed by atoms with E-state index in [-0.39, 0.29) is 12.2 Å². The second-order valence-corrected chi connectivity index (χ2v) is 9.84. The first-order chi connectivity index (χ1) is 16.2. The Morgan fingerprint density at radius 1 is 1.09 bits per heavy atom. The predicted octanol–water partition coefficient (Wildman–Crippen LogP) is 3.55. The van der Waals surface area contributed by atoms with Crippen molar-refractivity contribution in [2.45, 2.75) is 39.0 Å². The number of hydrogen-bond donors (Lipinski definition) is 1. The number of anilines is 1. The molecule has 0 aliphatic rings. The molecule has 7 nitrogen and oxygen atoms in total. The molecular formula is C23H27F4N3O4S. The average molecular weight is 518 g/mol. The van der Waals surface area contributed by atoms with Crippen molar-refractivity contribution in [1.29, 1.82) is 0 Å². The SMILES string of the molecule is CCCNC(=O)[C@H](C)N(Cc1ccc(F)cc1)C(=O)CN(c1cccc(C(F)(F)F)c1)S(C)(=O)=O. The number of nitrogens with zero attached hydrogens (tertiary/aromatic N) is 2. The van der Waals surface area contributed by atoms with Gasteiger partial charge in [0.15, 0.2) is 0 Å². The van der Waals surface area contributed by atoms with E-state index < -0.39 is 52.0 Å². The van der Waals surface area contributed by atoms with Gasteiger partial charge in [0.25, 0.3) is 0 Å². The Bertz CT molecular complexity index is 1140. The number of halogens is 4. The van der Waals surface area contributed by atoms with Gasteiger partial charge in [0, 0.05) is 13.1 Å². The summed E-state index contributed by atoms with van der Waals surface area (Å²) >= 11 is 0. The quantitative estimate of drug-likeness (QED) is 0.489. The lowest BCUT2D eigenvalue weighted by Gasteiger charge is -2.31. The van der Waals surface area contributed by atoms with E-state index in [4.69, 9.17) is 0 Å². The summed E-state index contributed by atoms with van der Waals surface area (Å²) in [4.78, 5) is 27.0. The van der Waals surface area contributed by atoms with Crippen LogP contribution in [0, 0.1) is 5.82 Å². The number of carbonyl (C=O) groups is 2. The highest BCUT2D eigenvalue weighted by molar-refractivity contribution is 7.92. The van der Waals surface area contributed by atoms with E-state index in [1.807, 2.05) is 6.92 Å². The van der Waals surface area contributed by atoms with Crippen molar-refractivity contribution < 1.29 is 35.6 Å². The van der Waals surface area contributed by atoms with Gasteiger partial charge in [0.2, 0.25) is 21.8 Å². The molecule has 0 unspecified atom stereocenters. The van der Waals surface area contributed by atoms with Crippen molar-refractivity contribution in [2.75, 3.05) is 23.7 Å². The standard InChI is InChI=1S/C23H27F4N3O4S/c1-4-12-28-22(32)16(2)29(14-17-8-10-19(24)11-9-17)21(31)15-30(35(3,33)34)20-7-5-6-18(13-20)23(25,26)27/h5-11,13,16H,4,12,14-15H2,1-3H3,(H,28,32)/t16-/m0/s1. The molecule has 35 heavy (non-hydrogen) atoms. The van der Waals surface area contributed by atoms with Crippen molar-refractivity contribution in [3.63, 3.8) is 0 Å². The zero-order valence-corrected chi connectivity index (χ0v) is 20.3. The molecule has 1 N–H and O–H groups in total. The van der Waals surface area contributed by atoms with Crippen molar-refractivity contribution in [3.05, 3.63) is 65.5 Å². The number of sulfonamides is 1. The number of rotatable bonds is 10. The van der Waals surface area contributed by atoms with Crippen molar-refractivity contribution in [3.8, 4) is 0 Å². The molecule has 0 aliphatic heterocycles. The summed E-state index contributed by atoms with van der Waals surface area (Å²) in [5.74, 6) is -1.82. The topological polar surface area (TPSA) is 86.8 Å². The number of benzene rings is 2. The average Bonchev–Trinajstić information content (AvgIpc) is 2.78. The van der Waals surface area contributed by atoms with E-state index >= 15 is 0 Å². The summed E-state index contributed by atoms with van der Waals surface area (Å²) in [5.41, 5.74) is -0.952. The van der Waals surface area contributed by atoms with Crippen LogP contribution in [-0.4, -0.2) is 50.5 Å². The molecule has 1 atom stereocenters. The van der Waals surface area contributed by atoms with Crippen LogP contribution in [0.3, 0.4) is 0 Å². The summed E-state index contributed by atoms with van der Waals surface area (Å²) in [5, 5.41) is 2.65. The fraction of sp³-hybridized carbons (Fsp3) is 0.391. The molecule has 0 heterocycles. The molecule has 0 aromatic heterocycles. The molecule has 0 saturated heterocycles. The third-order valence-corrected chi connectivity index (χ3v) is 6.26. The van der Waals surface area contributed by atoms with Gasteiger partial charge in [-0.05, 0) is 49.2 Å². The Kier molecular flexibility index (Phi) is 9.24. The van der Waals surface area contributed by atoms with Gasteiger partial charge in [-0.15, -0.1) is 0 Å². The highest BCUT2D eigenvalue weighted by Gasteiger charge is 2.33. The molecule has 0 aliphatic carbocycles. The largest absolute Gasteiger partial charge is 0.416 e. The normalized spacial score (nSPS) is 12.7. The minimum Gasteiger partial charge on any atom is -0.354 e. The summed E-state index contributed by atoms with van der Waals surface area (Å²) in [6, 6.07) is 7.73. The molecule has 0 radical (unpaired) electrons. The summed E-state index contributed by atoms with van der Waals surface area (Å²) < 4.78 is 78.3. The molecule has 2 amide bonds. The second kappa shape index (κ2) is 11.5. The van der Waals surface area contributed by atoms with E-state index in [0.717, 1.165) is 29.4 Å². The maximum Gasteiger partial charge on any atom is 0.416 e. The maximum absolute atomic E-state index is 13.3. The second-order valence-electron chi connectivity index (χ2n) is 7.93. The van der Waals surface area contributed by atoms with E-state index in [2.05, 4.69) is 5.32 Å². The Labute approximate surface area is 201 Å². The molecule has 2 rings (SSSR count). The van der Waals surface area contributed by atoms with Crippen LogP contribution in [0.15, 0.2) is 48.5 Å². The third kappa shape index (κ3) is 7.94. The number of nitrogens with one attached hydrogen (secondary N) is 1. The highest BCUT2D eigenvalue weighted by Crippen LogP contribution is 2.32. The minimum absolute atomic E-state index is 0.153. The summed E-state index contributed by atoms with van der Waals surface area (Å²) in [6.07, 6.45) is -3.31. The molecule has 192 valence electrons. The van der Waals surface area contributed by atoms with Crippen molar-refractivity contribution >= 4 is 27.5 Å². The monoisotopic (exact) mass is 517 g/mol. The minimum atomic E-state index is -4.72. The number of alkyl halides is 3. The summed E-state index contributed by atoms with van der Waals surface area (Å²) in [7, 11) is -4.18. The highest BCUT2D eigenvalue weighted by atomic mass is 32.2. The van der Waals surface area contributed by atoms with Crippen LogP contribution in [0.5, 0.6) is 0 Å². The van der Waals surface area contributed by atoms with Gasteiger partial charge in [-0.2, -0.15) is 13.2 Å². The van der Waals surface area contributed by atoms with Gasteiger partial charge in [0.05, 0.1) is 17.5 Å². The fourth-order valence-electron chi connectivity index (χ4n) is 3.22. The third-order valence-electron chi connectivity index (χ3n) is 5.12. The zero-order valence-electron chi connectivity index (χ0n) is 19.5. The Morgan fingerprint density at radius 3 is 2.26 bits per heavy atom. The Morgan fingerprint density at radius 2 is 1.71 bits per heavy atom. The van der Waals surface area contributed by atoms with Gasteiger partial charge in [-0.1, -0.05) is 25.1 Å². The first kappa shape index (κ1) is 28.1. The first-order valence-electron chi connectivity index (χ1n) is 10.7. The first-order valence-corrected chi connectivity index (χ1v) is 12.6. The van der Waals surface area contributed by atoms with Gasteiger partial charge in [-0.3, -0.25) is 13.9 Å². The smallest absolute Gasteiger partial charge is 0.354 e. The Hall–Kier alpha value is -3.15. The fourth-order valence-corrected chi connectivity index (χ4v) is 4.06. The number of hydrogen-bond acceptors (Lipinski definition) is 4. The molecule has 2 aromatic rings. The van der Waals surface area contributed by atoms with E-state index in [1.165, 1.54) is 31.2 Å². The van der Waals surface area contributed by atoms with E-state index in [0.29, 0.717) is 28.9 Å². The molecule has 0 saturated carbocycles. The van der Waals surface area contributed by atoms with Gasteiger partial charge < -0.3 is 10.2 Å². The van der Waals surface area contributed by atoms with Crippen LogP contribution < -0.4 is 9.62 Å². The summed E-state index contributed by atoms with van der Waals surface area (Å²) in [6.45, 7) is 2.64. The number of amides is 2. The molecule has 0 spiro atoms. The van der Waals surface area contributed by atoms with Gasteiger partial charge in [0.1, 0.15) is 18.4 Å². The van der Waals surface area contributed by atoms with Crippen LogP contribution in [-0.2, 0) is 32.3 Å². The van der Waals surface area contributed by atoms with E-state index in [1.54, 1.807) is 0 Å². The van der Waals surface area contributed by atoms with Crippen LogP contribution in [0.2, 0.25) is 0 Å². The van der Waals surface area contributed by atoms with Crippen molar-refractivity contribution in [2.24, 2.45) is 0 Å². The molecule has 2 aromatic carbocycles. The lowest BCUT2D eigenvalue weighted by molar-refractivity contribution is -0.139. The number of carbonyl (C=O) groups excluding carboxylic acids is 2. The molecule has 0 fully saturated rings. The van der Waals surface area contributed by atoms with Crippen LogP contribution >= 0.6 is 0 Å². The maximum atomic E-state index is 13.3. The molecule has 0 bridgehead atoms. The van der Waals surface area contributed by atoms with Crippen LogP contribution in [0.25, 0.3) is 0 Å². The molecular weight excluding hydrogens is 490 g/mol. The van der Waals surface area contributed by atoms with Gasteiger partial charge >= 0.3 is 6.18 Å². The van der Waals surface area contributed by atoms with Crippen LogP contribution in [0.4, 0.5) is 23.2 Å². The van der Waals surface area contributed by atoms with Crippen molar-refractivity contribution in [1.82, 2.24) is 10.2 Å². The molecule has 12 heteroatoms. The van der Waals surface area contributed by atoms with Crippen LogP contribution in [0.1, 0.15) is 31.4 Å². The Balaban J connectivity index is 2.41. The van der Waals surface area contributed by atoms with E-state index in [9.17, 15) is 35.6 Å². The zero-order chi connectivity index (χ0) is 26.4. The lowest BCUT2D eigenvalue weighted by Crippen LogP contribution is -2.51. The predicted molar refractivity (Wildman–Crippen MR) is 123 cm³/mol. The lowest BCUT2D eigenvalue weighted by atomic mass is 10.1.